The van der Waals surface area contributed by atoms with Crippen LogP contribution in [0.2, 0.25) is 0 Å². The van der Waals surface area contributed by atoms with Crippen molar-refractivity contribution in [2.75, 3.05) is 20.3 Å². The van der Waals surface area contributed by atoms with Crippen molar-refractivity contribution in [3.8, 4) is 0 Å². The van der Waals surface area contributed by atoms with E-state index in [1.54, 1.807) is 0 Å². The van der Waals surface area contributed by atoms with E-state index < -0.39 is 0 Å². The van der Waals surface area contributed by atoms with E-state index in [2.05, 4.69) is 18.9 Å². The van der Waals surface area contributed by atoms with Gasteiger partial charge in [-0.1, -0.05) is 19.1 Å². The Kier molecular flexibility index (Phi) is 4.09. The fourth-order valence-corrected chi connectivity index (χ4v) is 2.12. The molecule has 0 aromatic rings. The van der Waals surface area contributed by atoms with Crippen LogP contribution < -0.4 is 5.73 Å². The SMILES string of the molecule is CCC(C(N)=S)N(C)C1CCOC1. The number of likely N-dealkylation sites (N-methyl/N-ethyl adjacent to an activating group) is 1. The highest BCUT2D eigenvalue weighted by molar-refractivity contribution is 7.80. The molecule has 1 saturated heterocycles. The maximum atomic E-state index is 5.66. The molecule has 0 aliphatic carbocycles. The topological polar surface area (TPSA) is 38.5 Å². The van der Waals surface area contributed by atoms with E-state index in [0.717, 1.165) is 26.1 Å². The third-order valence-corrected chi connectivity index (χ3v) is 2.96. The van der Waals surface area contributed by atoms with E-state index in [-0.39, 0.29) is 6.04 Å². The molecule has 1 aliphatic heterocycles. The van der Waals surface area contributed by atoms with Crippen LogP contribution in [0, 0.1) is 0 Å². The van der Waals surface area contributed by atoms with Gasteiger partial charge < -0.3 is 10.5 Å². The minimum absolute atomic E-state index is 0.224. The van der Waals surface area contributed by atoms with E-state index in [0.29, 0.717) is 11.0 Å². The summed E-state index contributed by atoms with van der Waals surface area (Å²) in [5, 5.41) is 0. The zero-order chi connectivity index (χ0) is 9.84. The highest BCUT2D eigenvalue weighted by Gasteiger charge is 2.26. The van der Waals surface area contributed by atoms with Crippen LogP contribution >= 0.6 is 12.2 Å². The zero-order valence-electron chi connectivity index (χ0n) is 8.32. The lowest BCUT2D eigenvalue weighted by atomic mass is 10.1. The van der Waals surface area contributed by atoms with E-state index in [9.17, 15) is 0 Å². The van der Waals surface area contributed by atoms with Gasteiger partial charge in [-0.2, -0.15) is 0 Å². The van der Waals surface area contributed by atoms with Crippen molar-refractivity contribution < 1.29 is 4.74 Å². The fraction of sp³-hybridized carbons (Fsp3) is 0.889. The summed E-state index contributed by atoms with van der Waals surface area (Å²) in [7, 11) is 2.08. The first kappa shape index (κ1) is 10.9. The Balaban J connectivity index is 2.51. The molecule has 0 saturated carbocycles. The molecule has 0 aromatic heterocycles. The van der Waals surface area contributed by atoms with Crippen LogP contribution in [0.5, 0.6) is 0 Å². The Labute approximate surface area is 85.2 Å². The molecular formula is C9H18N2OS. The van der Waals surface area contributed by atoms with Crippen LogP contribution in [0.15, 0.2) is 0 Å². The van der Waals surface area contributed by atoms with E-state index in [1.807, 2.05) is 0 Å². The van der Waals surface area contributed by atoms with Crippen molar-refractivity contribution >= 4 is 17.2 Å². The summed E-state index contributed by atoms with van der Waals surface area (Å²) >= 11 is 5.02. The largest absolute Gasteiger partial charge is 0.392 e. The second-order valence-corrected chi connectivity index (χ2v) is 3.98. The highest BCUT2D eigenvalue weighted by atomic mass is 32.1. The number of hydrogen-bond acceptors (Lipinski definition) is 3. The third kappa shape index (κ3) is 2.62. The van der Waals surface area contributed by atoms with Crippen LogP contribution in [0.3, 0.4) is 0 Å². The van der Waals surface area contributed by atoms with Gasteiger partial charge >= 0.3 is 0 Å². The van der Waals surface area contributed by atoms with Crippen molar-refractivity contribution in [3.63, 3.8) is 0 Å². The van der Waals surface area contributed by atoms with Crippen molar-refractivity contribution in [2.45, 2.75) is 31.8 Å². The second kappa shape index (κ2) is 4.88. The number of nitrogens with zero attached hydrogens (tertiary/aromatic N) is 1. The molecule has 1 heterocycles. The number of ether oxygens (including phenoxy) is 1. The Morgan fingerprint density at radius 2 is 2.46 bits per heavy atom. The Bertz CT molecular complexity index is 180. The summed E-state index contributed by atoms with van der Waals surface area (Å²) in [6.45, 7) is 3.79. The molecular weight excluding hydrogens is 184 g/mol. The molecule has 1 fully saturated rings. The van der Waals surface area contributed by atoms with Gasteiger partial charge in [0.05, 0.1) is 17.6 Å². The van der Waals surface area contributed by atoms with Gasteiger partial charge in [0.1, 0.15) is 0 Å². The van der Waals surface area contributed by atoms with Crippen LogP contribution in [0.25, 0.3) is 0 Å². The first-order valence-corrected chi connectivity index (χ1v) is 5.16. The molecule has 3 nitrogen and oxygen atoms in total. The molecule has 2 N–H and O–H groups in total. The molecule has 2 atom stereocenters. The van der Waals surface area contributed by atoms with Gasteiger partial charge in [-0.05, 0) is 19.9 Å². The monoisotopic (exact) mass is 202 g/mol. The molecule has 0 bridgehead atoms. The average Bonchev–Trinajstić information content (AvgIpc) is 2.56. The van der Waals surface area contributed by atoms with Gasteiger partial charge in [-0.25, -0.2) is 0 Å². The quantitative estimate of drug-likeness (QED) is 0.684. The van der Waals surface area contributed by atoms with Gasteiger partial charge in [0.2, 0.25) is 0 Å². The minimum atomic E-state index is 0.224. The smallest absolute Gasteiger partial charge is 0.0901 e. The third-order valence-electron chi connectivity index (χ3n) is 2.69. The molecule has 0 aromatic carbocycles. The van der Waals surface area contributed by atoms with Gasteiger partial charge in [0.25, 0.3) is 0 Å². The molecule has 4 heteroatoms. The van der Waals surface area contributed by atoms with Crippen molar-refractivity contribution in [2.24, 2.45) is 5.73 Å². The highest BCUT2D eigenvalue weighted by Crippen LogP contribution is 2.15. The molecule has 1 rings (SSSR count). The number of rotatable bonds is 4. The predicted octanol–water partition coefficient (Wildman–Crippen LogP) is 0.772. The fourth-order valence-electron chi connectivity index (χ4n) is 1.79. The van der Waals surface area contributed by atoms with E-state index >= 15 is 0 Å². The summed E-state index contributed by atoms with van der Waals surface area (Å²) in [5.74, 6) is 0. The summed E-state index contributed by atoms with van der Waals surface area (Å²) < 4.78 is 5.33. The van der Waals surface area contributed by atoms with Crippen LogP contribution in [-0.4, -0.2) is 42.2 Å². The normalized spacial score (nSPS) is 25.0. The maximum absolute atomic E-state index is 5.66. The number of hydrogen-bond donors (Lipinski definition) is 1. The number of thiocarbonyl (C=S) groups is 1. The van der Waals surface area contributed by atoms with Gasteiger partial charge in [0.15, 0.2) is 0 Å². The van der Waals surface area contributed by atoms with Crippen LogP contribution in [0.4, 0.5) is 0 Å². The van der Waals surface area contributed by atoms with Gasteiger partial charge in [-0.15, -0.1) is 0 Å². The average molecular weight is 202 g/mol. The van der Waals surface area contributed by atoms with Crippen LogP contribution in [-0.2, 0) is 4.74 Å². The lowest BCUT2D eigenvalue weighted by Crippen LogP contribution is -2.46. The summed E-state index contributed by atoms with van der Waals surface area (Å²) in [4.78, 5) is 2.84. The first-order chi connectivity index (χ1) is 6.16. The molecule has 0 amide bonds. The lowest BCUT2D eigenvalue weighted by molar-refractivity contribution is 0.149. The lowest BCUT2D eigenvalue weighted by Gasteiger charge is -2.30. The standard InChI is InChI=1S/C9H18N2OS/c1-3-8(9(10)13)11(2)7-4-5-12-6-7/h7-8H,3-6H2,1-2H3,(H2,10,13). The predicted molar refractivity (Wildman–Crippen MR) is 57.9 cm³/mol. The van der Waals surface area contributed by atoms with E-state index in [1.165, 1.54) is 0 Å². The Morgan fingerprint density at radius 1 is 1.77 bits per heavy atom. The van der Waals surface area contributed by atoms with Crippen molar-refractivity contribution in [1.29, 1.82) is 0 Å². The molecule has 13 heavy (non-hydrogen) atoms. The van der Waals surface area contributed by atoms with Gasteiger partial charge in [0, 0.05) is 12.6 Å². The van der Waals surface area contributed by atoms with E-state index in [4.69, 9.17) is 22.7 Å². The maximum Gasteiger partial charge on any atom is 0.0901 e. The van der Waals surface area contributed by atoms with Crippen molar-refractivity contribution in [1.82, 2.24) is 4.90 Å². The molecule has 2 unspecified atom stereocenters. The summed E-state index contributed by atoms with van der Waals surface area (Å²) in [6.07, 6.45) is 2.07. The van der Waals surface area contributed by atoms with Gasteiger partial charge in [-0.3, -0.25) is 4.90 Å². The first-order valence-electron chi connectivity index (χ1n) is 4.75. The Morgan fingerprint density at radius 3 is 2.85 bits per heavy atom. The van der Waals surface area contributed by atoms with Crippen molar-refractivity contribution in [3.05, 3.63) is 0 Å². The summed E-state index contributed by atoms with van der Waals surface area (Å²) in [5.41, 5.74) is 5.66. The Hall–Kier alpha value is -0.190. The minimum Gasteiger partial charge on any atom is -0.392 e. The molecule has 76 valence electrons. The molecule has 0 spiro atoms. The molecule has 1 aliphatic rings. The van der Waals surface area contributed by atoms with Crippen LogP contribution in [0.1, 0.15) is 19.8 Å². The number of nitrogens with two attached hydrogens (primary N) is 1. The summed E-state index contributed by atoms with van der Waals surface area (Å²) in [6, 6.07) is 0.716. The second-order valence-electron chi connectivity index (χ2n) is 3.51. The zero-order valence-corrected chi connectivity index (χ0v) is 9.14. The molecule has 0 radical (unpaired) electrons.